The fourth-order valence-electron chi connectivity index (χ4n) is 1.84. The number of benzene rings is 2. The van der Waals surface area contributed by atoms with Crippen LogP contribution in [-0.2, 0) is 0 Å². The van der Waals surface area contributed by atoms with Crippen molar-refractivity contribution in [3.05, 3.63) is 58.1 Å². The molecule has 2 aromatic rings. The van der Waals surface area contributed by atoms with E-state index in [-0.39, 0.29) is 22.0 Å². The van der Waals surface area contributed by atoms with Crippen LogP contribution in [0.1, 0.15) is 27.7 Å². The van der Waals surface area contributed by atoms with Gasteiger partial charge in [0, 0.05) is 15.0 Å². The molecule has 0 radical (unpaired) electrons. The van der Waals surface area contributed by atoms with Crippen molar-refractivity contribution in [2.45, 2.75) is 11.8 Å². The standard InChI is InChI=1S/C15H13Br2NO2/c1-9(16)11-4-2-3-5-13(11)18-15(20)12-7-6-10(17)8-14(12)19/h2-9,19H,1H3,(H,18,20). The molecular formula is C15H13Br2NO2. The Labute approximate surface area is 134 Å². The maximum Gasteiger partial charge on any atom is 0.259 e. The van der Waals surface area contributed by atoms with E-state index in [2.05, 4.69) is 37.2 Å². The first kappa shape index (κ1) is 15.1. The van der Waals surface area contributed by atoms with Crippen molar-refractivity contribution in [2.75, 3.05) is 5.32 Å². The van der Waals surface area contributed by atoms with Crippen LogP contribution in [0.4, 0.5) is 5.69 Å². The van der Waals surface area contributed by atoms with E-state index < -0.39 is 0 Å². The summed E-state index contributed by atoms with van der Waals surface area (Å²) < 4.78 is 0.723. The zero-order valence-electron chi connectivity index (χ0n) is 10.7. The second-order valence-electron chi connectivity index (χ2n) is 4.32. The summed E-state index contributed by atoms with van der Waals surface area (Å²) in [7, 11) is 0. The molecule has 1 amide bonds. The van der Waals surface area contributed by atoms with Gasteiger partial charge in [-0.15, -0.1) is 0 Å². The van der Waals surface area contributed by atoms with Crippen LogP contribution >= 0.6 is 31.9 Å². The van der Waals surface area contributed by atoms with Gasteiger partial charge in [-0.25, -0.2) is 0 Å². The Morgan fingerprint density at radius 1 is 1.25 bits per heavy atom. The predicted molar refractivity (Wildman–Crippen MR) is 87.5 cm³/mol. The van der Waals surface area contributed by atoms with Crippen molar-refractivity contribution in [1.82, 2.24) is 0 Å². The second-order valence-corrected chi connectivity index (χ2v) is 6.61. The van der Waals surface area contributed by atoms with Crippen molar-refractivity contribution < 1.29 is 9.90 Å². The molecule has 1 unspecified atom stereocenters. The highest BCUT2D eigenvalue weighted by molar-refractivity contribution is 9.10. The first-order valence-corrected chi connectivity index (χ1v) is 7.73. The number of carbonyl (C=O) groups is 1. The summed E-state index contributed by atoms with van der Waals surface area (Å²) >= 11 is 6.74. The summed E-state index contributed by atoms with van der Waals surface area (Å²) in [5.41, 5.74) is 1.95. The van der Waals surface area contributed by atoms with Gasteiger partial charge in [-0.3, -0.25) is 4.79 Å². The Hall–Kier alpha value is -1.33. The highest BCUT2D eigenvalue weighted by atomic mass is 79.9. The number of rotatable bonds is 3. The van der Waals surface area contributed by atoms with Crippen LogP contribution in [0.25, 0.3) is 0 Å². The number of hydrogen-bond donors (Lipinski definition) is 2. The van der Waals surface area contributed by atoms with E-state index >= 15 is 0 Å². The second kappa shape index (κ2) is 6.41. The molecule has 5 heteroatoms. The van der Waals surface area contributed by atoms with Gasteiger partial charge < -0.3 is 10.4 Å². The average Bonchev–Trinajstić information content (AvgIpc) is 2.38. The molecule has 0 aliphatic carbocycles. The molecule has 0 aliphatic rings. The molecule has 20 heavy (non-hydrogen) atoms. The van der Waals surface area contributed by atoms with Gasteiger partial charge in [-0.1, -0.05) is 50.1 Å². The molecule has 0 aliphatic heterocycles. The van der Waals surface area contributed by atoms with Gasteiger partial charge >= 0.3 is 0 Å². The summed E-state index contributed by atoms with van der Waals surface area (Å²) in [6.07, 6.45) is 0. The number of alkyl halides is 1. The number of amides is 1. The van der Waals surface area contributed by atoms with Crippen LogP contribution < -0.4 is 5.32 Å². The van der Waals surface area contributed by atoms with Gasteiger partial charge in [0.25, 0.3) is 5.91 Å². The minimum absolute atomic E-state index is 0.0544. The van der Waals surface area contributed by atoms with Gasteiger partial charge in [0.2, 0.25) is 0 Å². The van der Waals surface area contributed by atoms with E-state index in [0.717, 1.165) is 15.7 Å². The van der Waals surface area contributed by atoms with Crippen molar-refractivity contribution in [1.29, 1.82) is 0 Å². The largest absolute Gasteiger partial charge is 0.507 e. The molecule has 0 saturated heterocycles. The molecule has 104 valence electrons. The molecule has 0 bridgehead atoms. The third-order valence-electron chi connectivity index (χ3n) is 2.84. The lowest BCUT2D eigenvalue weighted by molar-refractivity contribution is 0.102. The summed E-state index contributed by atoms with van der Waals surface area (Å²) in [6.45, 7) is 1.99. The fraction of sp³-hybridized carbons (Fsp3) is 0.133. The molecule has 1 atom stereocenters. The lowest BCUT2D eigenvalue weighted by atomic mass is 10.1. The van der Waals surface area contributed by atoms with Crippen LogP contribution in [0.15, 0.2) is 46.9 Å². The van der Waals surface area contributed by atoms with Crippen molar-refractivity contribution in [2.24, 2.45) is 0 Å². The summed E-state index contributed by atoms with van der Waals surface area (Å²) in [6, 6.07) is 12.3. The lowest BCUT2D eigenvalue weighted by Gasteiger charge is -2.13. The summed E-state index contributed by atoms with van der Waals surface area (Å²) in [4.78, 5) is 12.3. The fourth-order valence-corrected chi connectivity index (χ4v) is 2.59. The van der Waals surface area contributed by atoms with Gasteiger partial charge in [0.05, 0.1) is 5.56 Å². The van der Waals surface area contributed by atoms with Crippen molar-refractivity contribution in [3.63, 3.8) is 0 Å². The molecule has 0 fully saturated rings. The molecule has 0 heterocycles. The van der Waals surface area contributed by atoms with E-state index in [1.54, 1.807) is 12.1 Å². The molecule has 0 spiro atoms. The minimum atomic E-state index is -0.337. The van der Waals surface area contributed by atoms with Crippen molar-refractivity contribution >= 4 is 43.5 Å². The SMILES string of the molecule is CC(Br)c1ccccc1NC(=O)c1ccc(Br)cc1O. The smallest absolute Gasteiger partial charge is 0.259 e. The number of nitrogens with one attached hydrogen (secondary N) is 1. The average molecular weight is 399 g/mol. The Morgan fingerprint density at radius 3 is 2.60 bits per heavy atom. The number of hydrogen-bond acceptors (Lipinski definition) is 2. The van der Waals surface area contributed by atoms with Crippen LogP contribution in [0, 0.1) is 0 Å². The number of halogens is 2. The summed E-state index contributed by atoms with van der Waals surface area (Å²) in [5.74, 6) is -0.392. The number of aromatic hydroxyl groups is 1. The zero-order chi connectivity index (χ0) is 14.7. The normalized spacial score (nSPS) is 11.9. The Morgan fingerprint density at radius 2 is 1.95 bits per heavy atom. The number of anilines is 1. The Balaban J connectivity index is 2.28. The van der Waals surface area contributed by atoms with Gasteiger partial charge in [-0.05, 0) is 36.8 Å². The topological polar surface area (TPSA) is 49.3 Å². The maximum absolute atomic E-state index is 12.2. The van der Waals surface area contributed by atoms with E-state index in [1.165, 1.54) is 6.07 Å². The first-order valence-electron chi connectivity index (χ1n) is 6.02. The van der Waals surface area contributed by atoms with Crippen molar-refractivity contribution in [3.8, 4) is 5.75 Å². The van der Waals surface area contributed by atoms with Crippen LogP contribution in [-0.4, -0.2) is 11.0 Å². The molecular weight excluding hydrogens is 386 g/mol. The Bertz CT molecular complexity index is 642. The Kier molecular flexibility index (Phi) is 4.83. The van der Waals surface area contributed by atoms with Gasteiger partial charge in [0.1, 0.15) is 5.75 Å². The quantitative estimate of drug-likeness (QED) is 0.725. The zero-order valence-corrected chi connectivity index (χ0v) is 13.9. The molecule has 2 rings (SSSR count). The lowest BCUT2D eigenvalue weighted by Crippen LogP contribution is -2.13. The molecule has 2 aromatic carbocycles. The predicted octanol–water partition coefficient (Wildman–Crippen LogP) is 4.86. The number of phenolic OH excluding ortho intramolecular Hbond substituents is 1. The third kappa shape index (κ3) is 3.41. The summed E-state index contributed by atoms with van der Waals surface area (Å²) in [5, 5.41) is 12.6. The monoisotopic (exact) mass is 397 g/mol. The van der Waals surface area contributed by atoms with E-state index in [9.17, 15) is 9.90 Å². The number of para-hydroxylation sites is 1. The van der Waals surface area contributed by atoms with Crippen LogP contribution in [0.5, 0.6) is 5.75 Å². The highest BCUT2D eigenvalue weighted by Gasteiger charge is 2.14. The van der Waals surface area contributed by atoms with Crippen LogP contribution in [0.2, 0.25) is 0 Å². The first-order chi connectivity index (χ1) is 9.49. The maximum atomic E-state index is 12.2. The van der Waals surface area contributed by atoms with E-state index in [0.29, 0.717) is 0 Å². The minimum Gasteiger partial charge on any atom is -0.507 e. The number of carbonyl (C=O) groups excluding carboxylic acids is 1. The van der Waals surface area contributed by atoms with E-state index in [4.69, 9.17) is 0 Å². The molecule has 0 saturated carbocycles. The highest BCUT2D eigenvalue weighted by Crippen LogP contribution is 2.30. The van der Waals surface area contributed by atoms with Crippen LogP contribution in [0.3, 0.4) is 0 Å². The third-order valence-corrected chi connectivity index (χ3v) is 3.83. The van der Waals surface area contributed by atoms with Gasteiger partial charge in [-0.2, -0.15) is 0 Å². The molecule has 2 N–H and O–H groups in total. The van der Waals surface area contributed by atoms with Gasteiger partial charge in [0.15, 0.2) is 0 Å². The number of phenols is 1. The van der Waals surface area contributed by atoms with E-state index in [1.807, 2.05) is 31.2 Å². The molecule has 3 nitrogen and oxygen atoms in total. The molecule has 0 aromatic heterocycles.